The van der Waals surface area contributed by atoms with E-state index in [0.717, 1.165) is 32.2 Å². The Morgan fingerprint density at radius 1 is 1.22 bits per heavy atom. The number of urea groups is 1. The molecule has 2 heterocycles. The van der Waals surface area contributed by atoms with Gasteiger partial charge in [0.25, 0.3) is 0 Å². The summed E-state index contributed by atoms with van der Waals surface area (Å²) in [7, 11) is 0. The Morgan fingerprint density at radius 3 is 2.70 bits per heavy atom. The average molecular weight is 322 g/mol. The molecule has 0 aromatic heterocycles. The van der Waals surface area contributed by atoms with Crippen LogP contribution in [0, 0.1) is 5.92 Å². The van der Waals surface area contributed by atoms with Crippen LogP contribution in [0.25, 0.3) is 0 Å². The van der Waals surface area contributed by atoms with E-state index in [0.29, 0.717) is 24.8 Å². The number of nitrogens with one attached hydrogen (secondary N) is 2. The Bertz CT molecular complexity index is 488. The first-order valence-electron chi connectivity index (χ1n) is 8.71. The quantitative estimate of drug-likeness (QED) is 0.810. The van der Waals surface area contributed by atoms with Gasteiger partial charge in [-0.3, -0.25) is 4.79 Å². The van der Waals surface area contributed by atoms with Gasteiger partial charge >= 0.3 is 6.03 Å². The predicted octanol–water partition coefficient (Wildman–Crippen LogP) is 1.59. The van der Waals surface area contributed by atoms with E-state index in [1.54, 1.807) is 4.90 Å². The van der Waals surface area contributed by atoms with Crippen LogP contribution in [0.2, 0.25) is 0 Å². The molecule has 0 aromatic carbocycles. The van der Waals surface area contributed by atoms with E-state index in [9.17, 15) is 9.59 Å². The molecular formula is C16H26N4O3. The Hall–Kier alpha value is -1.79. The summed E-state index contributed by atoms with van der Waals surface area (Å²) in [4.78, 5) is 31.6. The van der Waals surface area contributed by atoms with Gasteiger partial charge in [-0.2, -0.15) is 0 Å². The van der Waals surface area contributed by atoms with Gasteiger partial charge in [0, 0.05) is 25.6 Å². The fourth-order valence-electron chi connectivity index (χ4n) is 3.53. The minimum Gasteiger partial charge on any atom is -0.391 e. The highest BCUT2D eigenvalue weighted by Gasteiger charge is 2.31. The van der Waals surface area contributed by atoms with E-state index in [1.807, 2.05) is 6.92 Å². The second-order valence-electron chi connectivity index (χ2n) is 6.86. The number of nitrogens with zero attached hydrogens (tertiary/aromatic N) is 2. The van der Waals surface area contributed by atoms with Crippen molar-refractivity contribution in [1.82, 2.24) is 15.5 Å². The number of hydrogen-bond donors (Lipinski definition) is 2. The molecule has 2 unspecified atom stereocenters. The lowest BCUT2D eigenvalue weighted by Crippen LogP contribution is -2.51. The van der Waals surface area contributed by atoms with E-state index < -0.39 is 0 Å². The SMILES string of the molecule is CC1CC(NC(=O)C2CCCN(C(=O)NC3CCCC3)C2)=NO1. The first-order chi connectivity index (χ1) is 11.1. The Kier molecular flexibility index (Phi) is 5.03. The van der Waals surface area contributed by atoms with Crippen LogP contribution in [0.15, 0.2) is 5.16 Å². The second-order valence-corrected chi connectivity index (χ2v) is 6.86. The van der Waals surface area contributed by atoms with Crippen LogP contribution < -0.4 is 10.6 Å². The summed E-state index contributed by atoms with van der Waals surface area (Å²) in [6, 6.07) is 0.285. The van der Waals surface area contributed by atoms with E-state index >= 15 is 0 Å². The molecule has 1 saturated heterocycles. The summed E-state index contributed by atoms with van der Waals surface area (Å²) < 4.78 is 0. The largest absolute Gasteiger partial charge is 0.391 e. The van der Waals surface area contributed by atoms with Gasteiger partial charge in [-0.25, -0.2) is 4.79 Å². The Morgan fingerprint density at radius 2 is 2.00 bits per heavy atom. The lowest BCUT2D eigenvalue weighted by atomic mass is 9.97. The zero-order valence-corrected chi connectivity index (χ0v) is 13.7. The highest BCUT2D eigenvalue weighted by Crippen LogP contribution is 2.20. The summed E-state index contributed by atoms with van der Waals surface area (Å²) in [6.45, 7) is 3.12. The molecule has 23 heavy (non-hydrogen) atoms. The van der Waals surface area contributed by atoms with Crippen molar-refractivity contribution in [1.29, 1.82) is 0 Å². The number of piperidine rings is 1. The summed E-state index contributed by atoms with van der Waals surface area (Å²) in [5.41, 5.74) is 0. The topological polar surface area (TPSA) is 83.0 Å². The van der Waals surface area contributed by atoms with Gasteiger partial charge in [0.05, 0.1) is 5.92 Å². The maximum Gasteiger partial charge on any atom is 0.317 e. The summed E-state index contributed by atoms with van der Waals surface area (Å²) in [5.74, 6) is 0.367. The van der Waals surface area contributed by atoms with Crippen LogP contribution in [0.1, 0.15) is 51.9 Å². The van der Waals surface area contributed by atoms with Crippen molar-refractivity contribution in [2.45, 2.75) is 64.0 Å². The number of oxime groups is 1. The number of rotatable bonds is 2. The molecule has 3 aliphatic rings. The van der Waals surface area contributed by atoms with E-state index in [-0.39, 0.29) is 24.0 Å². The molecule has 0 spiro atoms. The monoisotopic (exact) mass is 322 g/mol. The lowest BCUT2D eigenvalue weighted by Gasteiger charge is -2.32. The van der Waals surface area contributed by atoms with Gasteiger partial charge in [-0.1, -0.05) is 18.0 Å². The van der Waals surface area contributed by atoms with Crippen molar-refractivity contribution in [3.05, 3.63) is 0 Å². The minimum absolute atomic E-state index is 0.0188. The fraction of sp³-hybridized carbons (Fsp3) is 0.812. The van der Waals surface area contributed by atoms with Gasteiger partial charge < -0.3 is 20.4 Å². The average Bonchev–Trinajstić information content (AvgIpc) is 3.19. The third-order valence-electron chi connectivity index (χ3n) is 4.85. The van der Waals surface area contributed by atoms with Crippen molar-refractivity contribution in [2.75, 3.05) is 13.1 Å². The molecule has 0 aromatic rings. The smallest absolute Gasteiger partial charge is 0.317 e. The van der Waals surface area contributed by atoms with Crippen LogP contribution in [0.5, 0.6) is 0 Å². The fourth-order valence-corrected chi connectivity index (χ4v) is 3.53. The maximum atomic E-state index is 12.4. The van der Waals surface area contributed by atoms with Gasteiger partial charge in [0.2, 0.25) is 5.91 Å². The van der Waals surface area contributed by atoms with Gasteiger partial charge in [0.15, 0.2) is 5.84 Å². The standard InChI is InChI=1S/C16H26N4O3/c1-11-9-14(19-23-11)18-15(21)12-5-4-8-20(10-12)16(22)17-13-6-2-3-7-13/h11-13H,2-10H2,1H3,(H,17,22)(H,18,19,21). The van der Waals surface area contributed by atoms with Gasteiger partial charge in [-0.15, -0.1) is 0 Å². The van der Waals surface area contributed by atoms with E-state index in [4.69, 9.17) is 4.84 Å². The third-order valence-corrected chi connectivity index (χ3v) is 4.85. The molecular weight excluding hydrogens is 296 g/mol. The number of carbonyl (C=O) groups excluding carboxylic acids is 2. The molecule has 2 fully saturated rings. The second kappa shape index (κ2) is 7.19. The number of likely N-dealkylation sites (tertiary alicyclic amines) is 1. The van der Waals surface area contributed by atoms with Crippen LogP contribution in [0.4, 0.5) is 4.79 Å². The summed E-state index contributed by atoms with van der Waals surface area (Å²) in [5, 5.41) is 9.80. The molecule has 1 aliphatic carbocycles. The van der Waals surface area contributed by atoms with Crippen LogP contribution >= 0.6 is 0 Å². The van der Waals surface area contributed by atoms with Crippen molar-refractivity contribution < 1.29 is 14.4 Å². The maximum absolute atomic E-state index is 12.4. The molecule has 128 valence electrons. The zero-order valence-electron chi connectivity index (χ0n) is 13.7. The number of amidine groups is 1. The Labute approximate surface area is 136 Å². The van der Waals surface area contributed by atoms with Crippen LogP contribution in [-0.2, 0) is 9.63 Å². The number of amides is 3. The lowest BCUT2D eigenvalue weighted by molar-refractivity contribution is -0.124. The van der Waals surface area contributed by atoms with Crippen molar-refractivity contribution in [2.24, 2.45) is 11.1 Å². The van der Waals surface area contributed by atoms with Crippen LogP contribution in [0.3, 0.4) is 0 Å². The summed E-state index contributed by atoms with van der Waals surface area (Å²) in [6.07, 6.45) is 6.84. The molecule has 0 radical (unpaired) electrons. The third kappa shape index (κ3) is 4.14. The molecule has 2 atom stereocenters. The number of hydrogen-bond acceptors (Lipinski definition) is 4. The van der Waals surface area contributed by atoms with Crippen molar-refractivity contribution >= 4 is 17.8 Å². The molecule has 7 heteroatoms. The zero-order chi connectivity index (χ0) is 16.2. The molecule has 2 aliphatic heterocycles. The number of carbonyl (C=O) groups is 2. The highest BCUT2D eigenvalue weighted by atomic mass is 16.6. The van der Waals surface area contributed by atoms with Crippen LogP contribution in [-0.4, -0.2) is 47.9 Å². The predicted molar refractivity (Wildman–Crippen MR) is 85.8 cm³/mol. The molecule has 2 N–H and O–H groups in total. The van der Waals surface area contributed by atoms with E-state index in [1.165, 1.54) is 12.8 Å². The van der Waals surface area contributed by atoms with Gasteiger partial charge in [0.1, 0.15) is 6.10 Å². The molecule has 3 rings (SSSR count). The van der Waals surface area contributed by atoms with E-state index in [2.05, 4.69) is 15.8 Å². The Balaban J connectivity index is 1.49. The normalized spacial score (nSPS) is 28.2. The molecule has 3 amide bonds. The van der Waals surface area contributed by atoms with Gasteiger partial charge in [-0.05, 0) is 32.6 Å². The first-order valence-corrected chi connectivity index (χ1v) is 8.71. The highest BCUT2D eigenvalue weighted by molar-refractivity contribution is 5.99. The molecule has 0 bridgehead atoms. The van der Waals surface area contributed by atoms with Crippen molar-refractivity contribution in [3.63, 3.8) is 0 Å². The first kappa shape index (κ1) is 16.1. The molecule has 7 nitrogen and oxygen atoms in total. The summed E-state index contributed by atoms with van der Waals surface area (Å²) >= 11 is 0. The molecule has 1 saturated carbocycles. The minimum atomic E-state index is -0.170. The van der Waals surface area contributed by atoms with Crippen molar-refractivity contribution in [3.8, 4) is 0 Å².